The quantitative estimate of drug-likeness (QED) is 0.232. The molecule has 0 aromatic carbocycles. The van der Waals surface area contributed by atoms with E-state index < -0.39 is 26.7 Å². The number of rotatable bonds is 5. The van der Waals surface area contributed by atoms with Crippen molar-refractivity contribution < 1.29 is 4.79 Å². The fraction of sp³-hybridized carbons (Fsp3) is 0.462. The molecule has 0 aliphatic carbocycles. The topological polar surface area (TPSA) is 85.7 Å². The van der Waals surface area contributed by atoms with Crippen LogP contribution in [0.2, 0.25) is 0 Å². The number of hydrogen-bond acceptors (Lipinski definition) is 6. The molecule has 224 valence electrons. The van der Waals surface area contributed by atoms with E-state index in [1.807, 2.05) is 39.2 Å². The number of likely N-dealkylation sites (N-methyl/N-ethyl adjacent to an activating group) is 1. The number of hydrogen-bond donors (Lipinski definition) is 1. The lowest BCUT2D eigenvalue weighted by atomic mass is 9.26. The number of aromatic amines is 1. The predicted octanol–water partition coefficient (Wildman–Crippen LogP) is -7.18. The highest BCUT2D eigenvalue weighted by molar-refractivity contribution is 6.64. The molecule has 0 bridgehead atoms. The van der Waals surface area contributed by atoms with Gasteiger partial charge in [-0.25, -0.2) is 14.5 Å². The normalized spacial score (nSPS) is 19.1. The molecule has 4 aromatic heterocycles. The molecule has 5 heterocycles. The van der Waals surface area contributed by atoms with Crippen LogP contribution in [0.15, 0.2) is 24.7 Å². The Labute approximate surface area is 277 Å². The molecule has 9 nitrogen and oxygen atoms in total. The van der Waals surface area contributed by atoms with E-state index >= 15 is 0 Å². The monoisotopic (exact) mass is 594 g/mol. The highest BCUT2D eigenvalue weighted by Gasteiger charge is 2.64. The average molecular weight is 593 g/mol. The first-order valence-electron chi connectivity index (χ1n) is 16.2. The summed E-state index contributed by atoms with van der Waals surface area (Å²) in [6.07, 6.45) is 3.68. The number of aryl methyl sites for hydroxylation is 1. The highest BCUT2D eigenvalue weighted by atomic mass is 16.2. The number of carbonyl (C=O) groups excluding carboxylic acids is 1. The van der Waals surface area contributed by atoms with Crippen molar-refractivity contribution in [3.8, 4) is 11.3 Å². The summed E-state index contributed by atoms with van der Waals surface area (Å²) in [6.45, 7) is 8.72. The number of piperazine rings is 1. The maximum absolute atomic E-state index is 14.5. The van der Waals surface area contributed by atoms with Crippen LogP contribution in [0.4, 0.5) is 5.82 Å². The molecule has 1 aliphatic rings. The standard InChI is InChI=1S/C26H44B10N8O/c1-11(2)17-18(14-9-42-20(37-10-38-42)13(4)12(14)3)39-15-7-8-16(40-19(15)17)43-23(29,30)25(33,34)44(26(35,36)24(43,31)32)21(45)22(27,28)41(5)6/h7-11,39H,27-36H2,1-6H3. The van der Waals surface area contributed by atoms with Crippen molar-refractivity contribution in [2.75, 3.05) is 19.0 Å². The summed E-state index contributed by atoms with van der Waals surface area (Å²) >= 11 is 0. The van der Waals surface area contributed by atoms with Gasteiger partial charge >= 0.3 is 0 Å². The fourth-order valence-electron chi connectivity index (χ4n) is 7.47. The van der Waals surface area contributed by atoms with Crippen LogP contribution in [-0.2, 0) is 4.79 Å². The van der Waals surface area contributed by atoms with E-state index in [4.69, 9.17) is 4.98 Å². The largest absolute Gasteiger partial charge is 0.376 e. The molecule has 1 amide bonds. The van der Waals surface area contributed by atoms with Gasteiger partial charge in [-0.1, -0.05) is 13.8 Å². The van der Waals surface area contributed by atoms with Gasteiger partial charge in [-0.05, 0) is 78.5 Å². The molecule has 19 heteroatoms. The lowest BCUT2D eigenvalue weighted by molar-refractivity contribution is -0.141. The molecular weight excluding hydrogens is 548 g/mol. The van der Waals surface area contributed by atoms with Gasteiger partial charge in [0.15, 0.2) is 5.65 Å². The summed E-state index contributed by atoms with van der Waals surface area (Å²) < 4.78 is 1.86. The van der Waals surface area contributed by atoms with Crippen LogP contribution in [-0.4, -0.2) is 160 Å². The first-order chi connectivity index (χ1) is 20.5. The van der Waals surface area contributed by atoms with Gasteiger partial charge in [0, 0.05) is 22.7 Å². The van der Waals surface area contributed by atoms with E-state index in [9.17, 15) is 4.79 Å². The van der Waals surface area contributed by atoms with E-state index in [0.29, 0.717) is 0 Å². The average Bonchev–Trinajstić information content (AvgIpc) is 3.54. The molecule has 1 fully saturated rings. The number of nitrogens with zero attached hydrogens (tertiary/aromatic N) is 7. The minimum Gasteiger partial charge on any atom is -0.376 e. The second kappa shape index (κ2) is 10.3. The van der Waals surface area contributed by atoms with Gasteiger partial charge in [-0.2, -0.15) is 5.10 Å². The van der Waals surface area contributed by atoms with Crippen molar-refractivity contribution in [2.24, 2.45) is 0 Å². The van der Waals surface area contributed by atoms with E-state index in [1.54, 1.807) is 6.33 Å². The third-order valence-electron chi connectivity index (χ3n) is 11.9. The summed E-state index contributed by atoms with van der Waals surface area (Å²) in [5, 5.41) is 1.74. The molecule has 4 aromatic rings. The number of amides is 1. The van der Waals surface area contributed by atoms with Crippen LogP contribution >= 0.6 is 0 Å². The van der Waals surface area contributed by atoms with E-state index in [1.165, 1.54) is 11.1 Å². The molecule has 0 saturated carbocycles. The van der Waals surface area contributed by atoms with E-state index in [2.05, 4.69) is 134 Å². The van der Waals surface area contributed by atoms with Gasteiger partial charge < -0.3 is 19.7 Å². The van der Waals surface area contributed by atoms with Crippen molar-refractivity contribution in [1.82, 2.24) is 34.4 Å². The molecule has 0 atom stereocenters. The highest BCUT2D eigenvalue weighted by Crippen LogP contribution is 2.46. The zero-order valence-corrected chi connectivity index (χ0v) is 30.4. The van der Waals surface area contributed by atoms with Crippen molar-refractivity contribution in [2.45, 2.75) is 60.3 Å². The van der Waals surface area contributed by atoms with Gasteiger partial charge in [0.1, 0.15) is 90.6 Å². The number of nitrogens with one attached hydrogen (secondary N) is 1. The van der Waals surface area contributed by atoms with Gasteiger partial charge in [0.05, 0.1) is 16.7 Å². The van der Waals surface area contributed by atoms with Crippen molar-refractivity contribution >= 4 is 107 Å². The summed E-state index contributed by atoms with van der Waals surface area (Å²) in [7, 11) is 25.8. The smallest absolute Gasteiger partial charge is 0.224 e. The van der Waals surface area contributed by atoms with E-state index in [-0.39, 0.29) is 11.8 Å². The van der Waals surface area contributed by atoms with Gasteiger partial charge in [-0.15, -0.1) is 0 Å². The molecule has 1 saturated heterocycles. The molecule has 1 aliphatic heterocycles. The van der Waals surface area contributed by atoms with Crippen LogP contribution in [0.1, 0.15) is 36.5 Å². The number of anilines is 1. The van der Waals surface area contributed by atoms with Crippen molar-refractivity contribution in [3.05, 3.63) is 41.3 Å². The Morgan fingerprint density at radius 3 is 2.04 bits per heavy atom. The molecular formula is C26H44B10N8O. The van der Waals surface area contributed by atoms with Crippen LogP contribution < -0.4 is 4.90 Å². The molecule has 0 spiro atoms. The van der Waals surface area contributed by atoms with Crippen LogP contribution in [0, 0.1) is 13.8 Å². The van der Waals surface area contributed by atoms with Gasteiger partial charge in [0.2, 0.25) is 5.91 Å². The van der Waals surface area contributed by atoms with Crippen LogP contribution in [0.3, 0.4) is 0 Å². The maximum atomic E-state index is 14.5. The van der Waals surface area contributed by atoms with Gasteiger partial charge in [0.25, 0.3) is 0 Å². The Balaban J connectivity index is 1.73. The number of aromatic nitrogens is 5. The Hall–Kier alpha value is -2.81. The van der Waals surface area contributed by atoms with Crippen LogP contribution in [0.25, 0.3) is 27.9 Å². The molecule has 0 unspecified atom stereocenters. The second-order valence-electron chi connectivity index (χ2n) is 16.1. The number of pyridine rings is 2. The second-order valence-corrected chi connectivity index (χ2v) is 16.1. The third-order valence-corrected chi connectivity index (χ3v) is 11.9. The summed E-state index contributed by atoms with van der Waals surface area (Å²) in [5.74, 6) is 1.25. The van der Waals surface area contributed by atoms with Crippen LogP contribution in [0.5, 0.6) is 0 Å². The number of fused-ring (bicyclic) bond motifs is 2. The SMILES string of the molecule is BC(B)(C(=O)N1C(B)(B)C(B)(B)N(c2ccc3[nH]c(-c4cn5ncnc5c(C)c4C)c(C(C)C)c3n2)C(B)(B)C1(B)B)N(C)C. The lowest BCUT2D eigenvalue weighted by Gasteiger charge is -2.75. The molecule has 1 N–H and O–H groups in total. The summed E-state index contributed by atoms with van der Waals surface area (Å²) in [4.78, 5) is 34.8. The Bertz CT molecular complexity index is 1800. The Morgan fingerprint density at radius 1 is 0.933 bits per heavy atom. The Morgan fingerprint density at radius 2 is 1.51 bits per heavy atom. The van der Waals surface area contributed by atoms with Crippen molar-refractivity contribution in [1.29, 1.82) is 0 Å². The molecule has 45 heavy (non-hydrogen) atoms. The first kappa shape index (κ1) is 33.5. The molecule has 5 rings (SSSR count). The third kappa shape index (κ3) is 4.53. The summed E-state index contributed by atoms with van der Waals surface area (Å²) in [5.41, 5.74) is 8.51. The first-order valence-corrected chi connectivity index (χ1v) is 16.2. The number of carbonyl (C=O) groups is 1. The number of H-pyrrole nitrogens is 1. The summed E-state index contributed by atoms with van der Waals surface area (Å²) in [6, 6.07) is 4.31. The van der Waals surface area contributed by atoms with Crippen molar-refractivity contribution in [3.63, 3.8) is 0 Å². The minimum absolute atomic E-state index is 0.124. The Kier molecular flexibility index (Phi) is 7.71. The predicted molar refractivity (Wildman–Crippen MR) is 214 cm³/mol. The fourth-order valence-corrected chi connectivity index (χ4v) is 7.47. The van der Waals surface area contributed by atoms with Gasteiger partial charge in [-0.3, -0.25) is 4.79 Å². The lowest BCUT2D eigenvalue weighted by Crippen LogP contribution is -2.94. The van der Waals surface area contributed by atoms with E-state index in [0.717, 1.165) is 39.3 Å². The molecule has 0 radical (unpaired) electrons. The zero-order chi connectivity index (χ0) is 33.8. The maximum Gasteiger partial charge on any atom is 0.224 e. The zero-order valence-electron chi connectivity index (χ0n) is 30.4. The minimum atomic E-state index is -0.667.